The number of primary amides is 1. The van der Waals surface area contributed by atoms with Gasteiger partial charge in [0.05, 0.1) is 0 Å². The number of epoxide rings is 1. The van der Waals surface area contributed by atoms with Gasteiger partial charge in [-0.25, -0.2) is 9.59 Å². The van der Waals surface area contributed by atoms with E-state index in [2.05, 4.69) is 10.1 Å². The predicted octanol–water partition coefficient (Wildman–Crippen LogP) is -3.90. The number of nitrogens with one attached hydrogen (secondary N) is 1. The van der Waals surface area contributed by atoms with E-state index in [0.717, 1.165) is 0 Å². The Hall–Kier alpha value is -2.04. The molecular weight excluding hydrogens is 272 g/mol. The molecule has 0 spiro atoms. The molecule has 1 aliphatic heterocycles. The minimum Gasteiger partial charge on any atom is -0.391 e. The molecule has 1 aliphatic rings. The van der Waals surface area contributed by atoms with Gasteiger partial charge in [-0.05, 0) is 6.92 Å². The predicted molar refractivity (Wildman–Crippen MR) is 63.6 cm³/mol. The van der Waals surface area contributed by atoms with Crippen molar-refractivity contribution in [1.82, 2.24) is 5.32 Å². The molecule has 0 aliphatic carbocycles. The van der Waals surface area contributed by atoms with Crippen molar-refractivity contribution in [2.45, 2.75) is 31.2 Å². The first-order valence-corrected chi connectivity index (χ1v) is 5.73. The summed E-state index contributed by atoms with van der Waals surface area (Å²) in [4.78, 5) is 44.5. The Labute approximate surface area is 113 Å². The van der Waals surface area contributed by atoms with Crippen molar-refractivity contribution in [3.05, 3.63) is 0 Å². The first kappa shape index (κ1) is 16.0. The third-order valence-electron chi connectivity index (χ3n) is 2.40. The van der Waals surface area contributed by atoms with Crippen LogP contribution in [-0.2, 0) is 28.7 Å². The smallest absolute Gasteiger partial charge is 0.332 e. The van der Waals surface area contributed by atoms with Gasteiger partial charge in [-0.3, -0.25) is 9.59 Å². The van der Waals surface area contributed by atoms with E-state index in [1.807, 2.05) is 0 Å². The van der Waals surface area contributed by atoms with Crippen LogP contribution in [-0.4, -0.2) is 54.6 Å². The van der Waals surface area contributed by atoms with Gasteiger partial charge in [-0.1, -0.05) is 0 Å². The number of ether oxygens (including phenoxy) is 2. The number of amides is 2. The maximum absolute atomic E-state index is 11.4. The number of hydrogen-bond donors (Lipinski definition) is 4. The molecule has 20 heavy (non-hydrogen) atoms. The highest BCUT2D eigenvalue weighted by atomic mass is 16.6. The Bertz CT molecular complexity index is 437. The van der Waals surface area contributed by atoms with Gasteiger partial charge in [0, 0.05) is 6.54 Å². The van der Waals surface area contributed by atoms with Gasteiger partial charge in [0.2, 0.25) is 5.91 Å². The standard InChI is InChI=1S/C10H16N4O6/c1-3(11)9(17)20-10(18)4(12)2-14-8(16)6-5(19-6)7(13)15/h3-6H,2,11-12H2,1H3,(H2,13,15)(H,14,16). The summed E-state index contributed by atoms with van der Waals surface area (Å²) in [6, 6.07) is -2.20. The molecule has 7 N–H and O–H groups in total. The number of carbonyl (C=O) groups excluding carboxylic acids is 4. The molecule has 0 bridgehead atoms. The van der Waals surface area contributed by atoms with Gasteiger partial charge in [0.15, 0.2) is 12.2 Å². The number of nitrogens with two attached hydrogens (primary N) is 3. The van der Waals surface area contributed by atoms with E-state index in [1.165, 1.54) is 6.92 Å². The van der Waals surface area contributed by atoms with Crippen molar-refractivity contribution < 1.29 is 28.7 Å². The molecule has 4 atom stereocenters. The molecule has 1 saturated heterocycles. The van der Waals surface area contributed by atoms with Crippen LogP contribution >= 0.6 is 0 Å². The zero-order valence-electron chi connectivity index (χ0n) is 10.7. The highest BCUT2D eigenvalue weighted by Gasteiger charge is 2.49. The largest absolute Gasteiger partial charge is 0.391 e. The molecule has 10 heteroatoms. The second-order valence-electron chi connectivity index (χ2n) is 4.26. The number of rotatable bonds is 6. The van der Waals surface area contributed by atoms with E-state index in [-0.39, 0.29) is 6.54 Å². The van der Waals surface area contributed by atoms with Gasteiger partial charge < -0.3 is 32.0 Å². The molecule has 1 fully saturated rings. The molecule has 1 heterocycles. The average molecular weight is 288 g/mol. The SMILES string of the molecule is CC(N)C(=O)OC(=O)C(N)CNC(=O)C1OC1C(N)=O. The summed E-state index contributed by atoms with van der Waals surface area (Å²) in [6.07, 6.45) is -1.93. The van der Waals surface area contributed by atoms with Crippen LogP contribution in [0.3, 0.4) is 0 Å². The fraction of sp³-hybridized carbons (Fsp3) is 0.600. The zero-order valence-corrected chi connectivity index (χ0v) is 10.7. The van der Waals surface area contributed by atoms with Crippen molar-refractivity contribution in [2.24, 2.45) is 17.2 Å². The van der Waals surface area contributed by atoms with Crippen LogP contribution in [0, 0.1) is 0 Å². The highest BCUT2D eigenvalue weighted by molar-refractivity contribution is 5.95. The average Bonchev–Trinajstić information content (AvgIpc) is 3.15. The Morgan fingerprint density at radius 1 is 1.20 bits per heavy atom. The molecule has 0 aromatic rings. The van der Waals surface area contributed by atoms with Crippen molar-refractivity contribution >= 4 is 23.8 Å². The molecule has 0 aromatic carbocycles. The Kier molecular flexibility index (Phi) is 5.13. The summed E-state index contributed by atoms with van der Waals surface area (Å²) in [5.74, 6) is -3.32. The highest BCUT2D eigenvalue weighted by Crippen LogP contribution is 2.21. The van der Waals surface area contributed by atoms with Gasteiger partial charge in [0.25, 0.3) is 5.91 Å². The summed E-state index contributed by atoms with van der Waals surface area (Å²) in [5, 5.41) is 2.27. The monoisotopic (exact) mass is 288 g/mol. The second kappa shape index (κ2) is 6.41. The zero-order chi connectivity index (χ0) is 15.4. The topological polar surface area (TPSA) is 180 Å². The summed E-state index contributed by atoms with van der Waals surface area (Å²) in [5.41, 5.74) is 15.5. The number of carbonyl (C=O) groups is 4. The third kappa shape index (κ3) is 4.26. The van der Waals surface area contributed by atoms with E-state index in [0.29, 0.717) is 0 Å². The second-order valence-corrected chi connectivity index (χ2v) is 4.26. The lowest BCUT2D eigenvalue weighted by Crippen LogP contribution is -2.46. The van der Waals surface area contributed by atoms with Crippen LogP contribution in [0.15, 0.2) is 0 Å². The van der Waals surface area contributed by atoms with E-state index >= 15 is 0 Å². The molecule has 4 unspecified atom stereocenters. The van der Waals surface area contributed by atoms with Gasteiger partial charge in [-0.2, -0.15) is 0 Å². The first-order valence-electron chi connectivity index (χ1n) is 5.73. The lowest BCUT2D eigenvalue weighted by atomic mass is 10.2. The van der Waals surface area contributed by atoms with Crippen molar-refractivity contribution in [2.75, 3.05) is 6.54 Å². The van der Waals surface area contributed by atoms with Gasteiger partial charge >= 0.3 is 11.9 Å². The van der Waals surface area contributed by atoms with Crippen molar-refractivity contribution in [3.63, 3.8) is 0 Å². The summed E-state index contributed by atoms with van der Waals surface area (Å²) in [6.45, 7) is 1.06. The summed E-state index contributed by atoms with van der Waals surface area (Å²) < 4.78 is 9.07. The molecule has 0 aromatic heterocycles. The lowest BCUT2D eigenvalue weighted by Gasteiger charge is -2.11. The Morgan fingerprint density at radius 3 is 2.25 bits per heavy atom. The van der Waals surface area contributed by atoms with Crippen LogP contribution in [0.4, 0.5) is 0 Å². The summed E-state index contributed by atoms with van der Waals surface area (Å²) in [7, 11) is 0. The van der Waals surface area contributed by atoms with Gasteiger partial charge in [-0.15, -0.1) is 0 Å². The number of esters is 2. The van der Waals surface area contributed by atoms with E-state index < -0.39 is 48.0 Å². The fourth-order valence-electron chi connectivity index (χ4n) is 1.19. The van der Waals surface area contributed by atoms with Crippen LogP contribution in [0.25, 0.3) is 0 Å². The van der Waals surface area contributed by atoms with E-state index in [1.54, 1.807) is 0 Å². The number of hydrogen-bond acceptors (Lipinski definition) is 8. The lowest BCUT2D eigenvalue weighted by molar-refractivity contribution is -0.161. The quantitative estimate of drug-likeness (QED) is 0.217. The molecule has 112 valence electrons. The van der Waals surface area contributed by atoms with Crippen LogP contribution in [0.2, 0.25) is 0 Å². The van der Waals surface area contributed by atoms with Crippen LogP contribution in [0.5, 0.6) is 0 Å². The normalized spacial score (nSPS) is 23.4. The fourth-order valence-corrected chi connectivity index (χ4v) is 1.19. The maximum atomic E-state index is 11.4. The van der Waals surface area contributed by atoms with Crippen molar-refractivity contribution in [3.8, 4) is 0 Å². The van der Waals surface area contributed by atoms with Crippen LogP contribution < -0.4 is 22.5 Å². The first-order chi connectivity index (χ1) is 9.23. The Balaban J connectivity index is 2.31. The summed E-state index contributed by atoms with van der Waals surface area (Å²) >= 11 is 0. The minimum absolute atomic E-state index is 0.282. The molecule has 1 rings (SSSR count). The van der Waals surface area contributed by atoms with E-state index in [4.69, 9.17) is 21.9 Å². The van der Waals surface area contributed by atoms with Crippen molar-refractivity contribution in [1.29, 1.82) is 0 Å². The van der Waals surface area contributed by atoms with Crippen LogP contribution in [0.1, 0.15) is 6.92 Å². The third-order valence-corrected chi connectivity index (χ3v) is 2.40. The minimum atomic E-state index is -1.24. The molecular formula is C10H16N4O6. The molecule has 2 amide bonds. The molecule has 10 nitrogen and oxygen atoms in total. The van der Waals surface area contributed by atoms with Gasteiger partial charge in [0.1, 0.15) is 12.1 Å². The molecule has 0 radical (unpaired) electrons. The Morgan fingerprint density at radius 2 is 1.80 bits per heavy atom. The molecule has 0 saturated carbocycles. The van der Waals surface area contributed by atoms with E-state index in [9.17, 15) is 19.2 Å². The maximum Gasteiger partial charge on any atom is 0.332 e.